The van der Waals surface area contributed by atoms with Crippen LogP contribution in [0, 0.1) is 0 Å². The molecule has 1 saturated heterocycles. The molecule has 1 fully saturated rings. The monoisotopic (exact) mass is 248 g/mol. The molecule has 1 aliphatic heterocycles. The fourth-order valence-electron chi connectivity index (χ4n) is 2.71. The Kier molecular flexibility index (Phi) is 3.45. The fourth-order valence-corrected chi connectivity index (χ4v) is 2.71. The second-order valence-electron chi connectivity index (χ2n) is 4.97. The highest BCUT2D eigenvalue weighted by molar-refractivity contribution is 6.00. The van der Waals surface area contributed by atoms with Crippen molar-refractivity contribution in [3.8, 4) is 5.75 Å². The van der Waals surface area contributed by atoms with Gasteiger partial charge in [0, 0.05) is 17.8 Å². The van der Waals surface area contributed by atoms with Gasteiger partial charge < -0.3 is 15.7 Å². The van der Waals surface area contributed by atoms with Crippen LogP contribution in [0.25, 0.3) is 0 Å². The van der Waals surface area contributed by atoms with Gasteiger partial charge in [-0.15, -0.1) is 0 Å². The molecule has 1 aliphatic rings. The molecule has 0 aliphatic carbocycles. The van der Waals surface area contributed by atoms with E-state index in [-0.39, 0.29) is 23.7 Å². The molecule has 0 radical (unpaired) electrons. The van der Waals surface area contributed by atoms with Crippen molar-refractivity contribution in [1.29, 1.82) is 0 Å². The van der Waals surface area contributed by atoms with Crippen LogP contribution in [0.5, 0.6) is 5.75 Å². The van der Waals surface area contributed by atoms with E-state index in [2.05, 4.69) is 13.8 Å². The van der Waals surface area contributed by atoms with E-state index in [1.54, 1.807) is 6.07 Å². The average molecular weight is 248 g/mol. The summed E-state index contributed by atoms with van der Waals surface area (Å²) in [4.78, 5) is 14.4. The number of likely N-dealkylation sites (tertiary alicyclic amines) is 1. The highest BCUT2D eigenvalue weighted by Crippen LogP contribution is 2.30. The van der Waals surface area contributed by atoms with Gasteiger partial charge in [-0.05, 0) is 44.4 Å². The summed E-state index contributed by atoms with van der Waals surface area (Å²) in [5, 5.41) is 9.49. The van der Waals surface area contributed by atoms with Crippen molar-refractivity contribution >= 4 is 11.6 Å². The summed E-state index contributed by atoms with van der Waals surface area (Å²) >= 11 is 0. The maximum atomic E-state index is 12.5. The number of hydrogen-bond donors (Lipinski definition) is 2. The van der Waals surface area contributed by atoms with Gasteiger partial charge in [-0.2, -0.15) is 0 Å². The molecule has 0 bridgehead atoms. The summed E-state index contributed by atoms with van der Waals surface area (Å²) in [6.45, 7) is 4.15. The minimum Gasteiger partial charge on any atom is -0.508 e. The fraction of sp³-hybridized carbons (Fsp3) is 0.500. The van der Waals surface area contributed by atoms with Crippen LogP contribution in [-0.2, 0) is 0 Å². The van der Waals surface area contributed by atoms with Crippen molar-refractivity contribution in [3.05, 3.63) is 23.8 Å². The van der Waals surface area contributed by atoms with E-state index in [0.29, 0.717) is 11.3 Å². The molecule has 1 aromatic carbocycles. The number of nitrogens with zero attached hydrogens (tertiary/aromatic N) is 1. The third kappa shape index (κ3) is 2.15. The lowest BCUT2D eigenvalue weighted by Gasteiger charge is -2.28. The van der Waals surface area contributed by atoms with E-state index in [1.807, 2.05) is 4.90 Å². The first-order valence-corrected chi connectivity index (χ1v) is 6.45. The number of anilines is 1. The molecule has 1 aromatic rings. The lowest BCUT2D eigenvalue weighted by atomic mass is 10.1. The van der Waals surface area contributed by atoms with Gasteiger partial charge >= 0.3 is 0 Å². The standard InChI is InChI=1S/C14H20N2O2/c1-3-10-5-4-9(2)16(10)14(18)12-8-11(17)6-7-13(12)15/h6-10,17H,3-5,15H2,1-2H3. The number of amides is 1. The zero-order valence-electron chi connectivity index (χ0n) is 10.9. The first kappa shape index (κ1) is 12.7. The summed E-state index contributed by atoms with van der Waals surface area (Å²) in [6, 6.07) is 5.05. The SMILES string of the molecule is CCC1CCC(C)N1C(=O)c1cc(O)ccc1N. The van der Waals surface area contributed by atoms with Crippen molar-refractivity contribution < 1.29 is 9.90 Å². The Balaban J connectivity index is 2.32. The van der Waals surface area contributed by atoms with Gasteiger partial charge in [-0.1, -0.05) is 6.92 Å². The van der Waals surface area contributed by atoms with Gasteiger partial charge in [0.1, 0.15) is 5.75 Å². The molecule has 4 heteroatoms. The molecule has 0 saturated carbocycles. The van der Waals surface area contributed by atoms with Crippen molar-refractivity contribution in [2.45, 2.75) is 45.2 Å². The molecule has 2 rings (SSSR count). The van der Waals surface area contributed by atoms with E-state index in [9.17, 15) is 9.90 Å². The number of nitrogen functional groups attached to an aromatic ring is 1. The number of aromatic hydroxyl groups is 1. The van der Waals surface area contributed by atoms with E-state index in [4.69, 9.17) is 5.73 Å². The predicted octanol–water partition coefficient (Wildman–Crippen LogP) is 2.38. The van der Waals surface area contributed by atoms with E-state index in [0.717, 1.165) is 19.3 Å². The number of carbonyl (C=O) groups excluding carboxylic acids is 1. The van der Waals surface area contributed by atoms with Crippen molar-refractivity contribution in [3.63, 3.8) is 0 Å². The second kappa shape index (κ2) is 4.88. The van der Waals surface area contributed by atoms with Gasteiger partial charge in [-0.3, -0.25) is 4.79 Å². The molecule has 3 N–H and O–H groups in total. The number of benzene rings is 1. The minimum atomic E-state index is -0.0692. The average Bonchev–Trinajstić information content (AvgIpc) is 2.72. The number of phenolic OH excluding ortho intramolecular Hbond substituents is 1. The lowest BCUT2D eigenvalue weighted by Crippen LogP contribution is -2.39. The summed E-state index contributed by atoms with van der Waals surface area (Å²) < 4.78 is 0. The quantitative estimate of drug-likeness (QED) is 0.623. The largest absolute Gasteiger partial charge is 0.508 e. The van der Waals surface area contributed by atoms with Crippen LogP contribution >= 0.6 is 0 Å². The number of phenols is 1. The van der Waals surface area contributed by atoms with Gasteiger partial charge in [0.25, 0.3) is 5.91 Å². The van der Waals surface area contributed by atoms with Crippen LogP contribution in [0.3, 0.4) is 0 Å². The molecule has 98 valence electrons. The zero-order valence-corrected chi connectivity index (χ0v) is 10.9. The molecule has 1 heterocycles. The summed E-state index contributed by atoms with van der Waals surface area (Å²) in [5.74, 6) is 0.00713. The minimum absolute atomic E-state index is 0.0692. The van der Waals surface area contributed by atoms with Crippen LogP contribution < -0.4 is 5.73 Å². The molecular weight excluding hydrogens is 228 g/mol. The van der Waals surface area contributed by atoms with Crippen molar-refractivity contribution in [2.75, 3.05) is 5.73 Å². The maximum absolute atomic E-state index is 12.5. The number of carbonyl (C=O) groups is 1. The Hall–Kier alpha value is -1.71. The van der Waals surface area contributed by atoms with Gasteiger partial charge in [0.15, 0.2) is 0 Å². The molecular formula is C14H20N2O2. The predicted molar refractivity (Wildman–Crippen MR) is 71.5 cm³/mol. The Bertz CT molecular complexity index is 459. The summed E-state index contributed by atoms with van der Waals surface area (Å²) in [6.07, 6.45) is 3.03. The van der Waals surface area contributed by atoms with Crippen molar-refractivity contribution in [1.82, 2.24) is 4.90 Å². The number of rotatable bonds is 2. The van der Waals surface area contributed by atoms with Crippen LogP contribution in [0.4, 0.5) is 5.69 Å². The van der Waals surface area contributed by atoms with Gasteiger partial charge in [-0.25, -0.2) is 0 Å². The second-order valence-corrected chi connectivity index (χ2v) is 4.97. The molecule has 1 amide bonds. The van der Waals surface area contributed by atoms with Crippen LogP contribution in [0.1, 0.15) is 43.5 Å². The molecule has 4 nitrogen and oxygen atoms in total. The lowest BCUT2D eigenvalue weighted by molar-refractivity contribution is 0.0677. The third-order valence-electron chi connectivity index (χ3n) is 3.76. The smallest absolute Gasteiger partial charge is 0.256 e. The Morgan fingerprint density at radius 3 is 2.89 bits per heavy atom. The van der Waals surface area contributed by atoms with E-state index >= 15 is 0 Å². The van der Waals surface area contributed by atoms with Crippen LogP contribution in [0.15, 0.2) is 18.2 Å². The van der Waals surface area contributed by atoms with E-state index < -0.39 is 0 Å². The van der Waals surface area contributed by atoms with Crippen LogP contribution in [-0.4, -0.2) is 28.0 Å². The van der Waals surface area contributed by atoms with Crippen molar-refractivity contribution in [2.24, 2.45) is 0 Å². The van der Waals surface area contributed by atoms with Gasteiger partial charge in [0.05, 0.1) is 5.56 Å². The van der Waals surface area contributed by atoms with E-state index in [1.165, 1.54) is 12.1 Å². The van der Waals surface area contributed by atoms with Crippen LogP contribution in [0.2, 0.25) is 0 Å². The Labute approximate surface area is 107 Å². The highest BCUT2D eigenvalue weighted by atomic mass is 16.3. The first-order valence-electron chi connectivity index (χ1n) is 6.45. The topological polar surface area (TPSA) is 66.6 Å². The molecule has 18 heavy (non-hydrogen) atoms. The Morgan fingerprint density at radius 1 is 1.50 bits per heavy atom. The Morgan fingerprint density at radius 2 is 2.22 bits per heavy atom. The molecule has 2 atom stereocenters. The number of hydrogen-bond acceptors (Lipinski definition) is 3. The third-order valence-corrected chi connectivity index (χ3v) is 3.76. The molecule has 0 aromatic heterocycles. The summed E-state index contributed by atoms with van der Waals surface area (Å²) in [7, 11) is 0. The van der Waals surface area contributed by atoms with Gasteiger partial charge in [0.2, 0.25) is 0 Å². The maximum Gasteiger partial charge on any atom is 0.256 e. The first-order chi connectivity index (χ1) is 8.54. The summed E-state index contributed by atoms with van der Waals surface area (Å²) in [5.41, 5.74) is 6.66. The normalized spacial score (nSPS) is 23.3. The number of nitrogens with two attached hydrogens (primary N) is 1. The highest BCUT2D eigenvalue weighted by Gasteiger charge is 2.34. The molecule has 2 unspecified atom stereocenters. The zero-order chi connectivity index (χ0) is 13.3. The molecule has 0 spiro atoms.